The van der Waals surface area contributed by atoms with Gasteiger partial charge in [-0.15, -0.1) is 24.5 Å². The number of nitrogens with one attached hydrogen (secondary N) is 1. The molecule has 1 aromatic heterocycles. The quantitative estimate of drug-likeness (QED) is 0.635. The van der Waals surface area contributed by atoms with Gasteiger partial charge in [0.25, 0.3) is 0 Å². The molecule has 2 rings (SSSR count). The Morgan fingerprint density at radius 1 is 1.30 bits per heavy atom. The molecule has 0 amide bonds. The summed E-state index contributed by atoms with van der Waals surface area (Å²) in [6.45, 7) is 0. The fourth-order valence-electron chi connectivity index (χ4n) is 1.73. The van der Waals surface area contributed by atoms with Crippen LogP contribution in [0, 0.1) is 0 Å². The van der Waals surface area contributed by atoms with Crippen LogP contribution in [0.1, 0.15) is 16.5 Å². The lowest BCUT2D eigenvalue weighted by Gasteiger charge is -2.17. The van der Waals surface area contributed by atoms with Gasteiger partial charge in [0.2, 0.25) is 0 Å². The van der Waals surface area contributed by atoms with Crippen molar-refractivity contribution in [1.82, 2.24) is 5.43 Å². The standard InChI is InChI=1S/C12H10BrF3N2OS/c13-9-4-5-20-11(9)10(18-17)7-2-1-3-8(6-7)19-12(14,15)16/h1-6,10,18H,17H2. The zero-order chi connectivity index (χ0) is 14.8. The number of hydrogen-bond donors (Lipinski definition) is 2. The number of benzene rings is 1. The Hall–Kier alpha value is -1.09. The van der Waals surface area contributed by atoms with Gasteiger partial charge in [-0.05, 0) is 45.1 Å². The van der Waals surface area contributed by atoms with Gasteiger partial charge in [-0.2, -0.15) is 0 Å². The third kappa shape index (κ3) is 3.72. The molecule has 0 radical (unpaired) electrons. The summed E-state index contributed by atoms with van der Waals surface area (Å²) in [4.78, 5) is 0.872. The van der Waals surface area contributed by atoms with Crippen LogP contribution < -0.4 is 16.0 Å². The molecule has 1 atom stereocenters. The van der Waals surface area contributed by atoms with E-state index in [0.29, 0.717) is 5.56 Å². The number of rotatable bonds is 4. The Labute approximate surface area is 125 Å². The monoisotopic (exact) mass is 366 g/mol. The molecule has 1 heterocycles. The Bertz CT molecular complexity index is 588. The highest BCUT2D eigenvalue weighted by molar-refractivity contribution is 9.10. The molecule has 1 aromatic carbocycles. The molecule has 0 saturated heterocycles. The van der Waals surface area contributed by atoms with E-state index < -0.39 is 12.4 Å². The van der Waals surface area contributed by atoms with Crippen molar-refractivity contribution in [2.45, 2.75) is 12.4 Å². The van der Waals surface area contributed by atoms with E-state index in [0.717, 1.165) is 9.35 Å². The van der Waals surface area contributed by atoms with Crippen molar-refractivity contribution in [3.63, 3.8) is 0 Å². The summed E-state index contributed by atoms with van der Waals surface area (Å²) < 4.78 is 41.4. The minimum absolute atomic E-state index is 0.275. The van der Waals surface area contributed by atoms with E-state index in [1.807, 2.05) is 11.4 Å². The predicted molar refractivity (Wildman–Crippen MR) is 74.3 cm³/mol. The highest BCUT2D eigenvalue weighted by atomic mass is 79.9. The van der Waals surface area contributed by atoms with Crippen molar-refractivity contribution in [3.8, 4) is 5.75 Å². The van der Waals surface area contributed by atoms with E-state index in [2.05, 4.69) is 26.1 Å². The lowest BCUT2D eigenvalue weighted by atomic mass is 10.1. The van der Waals surface area contributed by atoms with Crippen LogP contribution in [-0.2, 0) is 0 Å². The first-order valence-corrected chi connectivity index (χ1v) is 7.12. The average molecular weight is 367 g/mol. The lowest BCUT2D eigenvalue weighted by molar-refractivity contribution is -0.274. The molecule has 0 aliphatic carbocycles. The molecule has 20 heavy (non-hydrogen) atoms. The maximum atomic E-state index is 12.2. The molecular formula is C12H10BrF3N2OS. The van der Waals surface area contributed by atoms with Gasteiger partial charge >= 0.3 is 6.36 Å². The van der Waals surface area contributed by atoms with Crippen molar-refractivity contribution in [3.05, 3.63) is 50.6 Å². The van der Waals surface area contributed by atoms with Gasteiger partial charge < -0.3 is 4.74 Å². The Morgan fingerprint density at radius 3 is 2.60 bits per heavy atom. The molecule has 108 valence electrons. The molecule has 0 bridgehead atoms. The summed E-state index contributed by atoms with van der Waals surface area (Å²) in [6.07, 6.45) is -4.71. The fourth-order valence-corrected chi connectivity index (χ4v) is 3.41. The normalized spacial score (nSPS) is 13.2. The van der Waals surface area contributed by atoms with E-state index >= 15 is 0 Å². The van der Waals surface area contributed by atoms with Gasteiger partial charge in [0.05, 0.1) is 6.04 Å². The summed E-state index contributed by atoms with van der Waals surface area (Å²) in [5.74, 6) is 5.24. The van der Waals surface area contributed by atoms with Crippen LogP contribution in [0.15, 0.2) is 40.2 Å². The maximum absolute atomic E-state index is 12.2. The third-order valence-corrected chi connectivity index (χ3v) is 4.43. The highest BCUT2D eigenvalue weighted by Gasteiger charge is 2.31. The van der Waals surface area contributed by atoms with Crippen LogP contribution >= 0.6 is 27.3 Å². The fraction of sp³-hybridized carbons (Fsp3) is 0.167. The summed E-state index contributed by atoms with van der Waals surface area (Å²) in [6, 6.07) is 7.15. The minimum Gasteiger partial charge on any atom is -0.406 e. The maximum Gasteiger partial charge on any atom is 0.573 e. The van der Waals surface area contributed by atoms with Crippen LogP contribution in [0.2, 0.25) is 0 Å². The summed E-state index contributed by atoms with van der Waals surface area (Å²) >= 11 is 4.82. The second-order valence-corrected chi connectivity index (χ2v) is 5.65. The zero-order valence-electron chi connectivity index (χ0n) is 9.95. The van der Waals surface area contributed by atoms with Gasteiger partial charge in [-0.3, -0.25) is 5.84 Å². The van der Waals surface area contributed by atoms with Crippen molar-refractivity contribution >= 4 is 27.3 Å². The smallest absolute Gasteiger partial charge is 0.406 e. The molecule has 0 aliphatic rings. The molecule has 3 N–H and O–H groups in total. The summed E-state index contributed by atoms with van der Waals surface area (Å²) in [7, 11) is 0. The van der Waals surface area contributed by atoms with Crippen LogP contribution in [0.3, 0.4) is 0 Å². The molecule has 3 nitrogen and oxygen atoms in total. The molecule has 2 aromatic rings. The van der Waals surface area contributed by atoms with Crippen molar-refractivity contribution in [2.24, 2.45) is 5.84 Å². The van der Waals surface area contributed by atoms with Crippen LogP contribution in [0.4, 0.5) is 13.2 Å². The molecule has 0 saturated carbocycles. The largest absolute Gasteiger partial charge is 0.573 e. The number of hydrazine groups is 1. The first-order valence-electron chi connectivity index (χ1n) is 5.45. The van der Waals surface area contributed by atoms with Crippen LogP contribution in [0.5, 0.6) is 5.75 Å². The van der Waals surface area contributed by atoms with E-state index in [1.165, 1.54) is 29.5 Å². The first kappa shape index (κ1) is 15.3. The van der Waals surface area contributed by atoms with E-state index in [1.54, 1.807) is 6.07 Å². The second-order valence-electron chi connectivity index (χ2n) is 3.85. The SMILES string of the molecule is NNC(c1cccc(OC(F)(F)F)c1)c1sccc1Br. The highest BCUT2D eigenvalue weighted by Crippen LogP contribution is 2.34. The lowest BCUT2D eigenvalue weighted by Crippen LogP contribution is -2.28. The molecule has 1 unspecified atom stereocenters. The molecule has 8 heteroatoms. The molecular weight excluding hydrogens is 357 g/mol. The number of hydrogen-bond acceptors (Lipinski definition) is 4. The van der Waals surface area contributed by atoms with Gasteiger partial charge in [0, 0.05) is 9.35 Å². The Kier molecular flexibility index (Phi) is 4.69. The van der Waals surface area contributed by atoms with Gasteiger partial charge in [-0.1, -0.05) is 12.1 Å². The number of ether oxygens (including phenoxy) is 1. The first-order chi connectivity index (χ1) is 9.40. The van der Waals surface area contributed by atoms with Gasteiger partial charge in [0.1, 0.15) is 5.75 Å². The number of halogens is 4. The Morgan fingerprint density at radius 2 is 2.05 bits per heavy atom. The van der Waals surface area contributed by atoms with Crippen LogP contribution in [0.25, 0.3) is 0 Å². The average Bonchev–Trinajstić information content (AvgIpc) is 2.75. The van der Waals surface area contributed by atoms with Crippen molar-refractivity contribution < 1.29 is 17.9 Å². The zero-order valence-corrected chi connectivity index (χ0v) is 12.3. The number of alkyl halides is 3. The van der Waals surface area contributed by atoms with Gasteiger partial charge in [0.15, 0.2) is 0 Å². The second kappa shape index (κ2) is 6.13. The van der Waals surface area contributed by atoms with Gasteiger partial charge in [-0.25, -0.2) is 5.43 Å². The minimum atomic E-state index is -4.71. The Balaban J connectivity index is 2.32. The summed E-state index contributed by atoms with van der Waals surface area (Å²) in [5, 5.41) is 1.86. The number of thiophene rings is 1. The molecule has 0 fully saturated rings. The van der Waals surface area contributed by atoms with Crippen molar-refractivity contribution in [2.75, 3.05) is 0 Å². The summed E-state index contributed by atoms with van der Waals surface area (Å²) in [5.41, 5.74) is 3.18. The van der Waals surface area contributed by atoms with Crippen LogP contribution in [-0.4, -0.2) is 6.36 Å². The molecule has 0 spiro atoms. The third-order valence-electron chi connectivity index (χ3n) is 2.50. The topological polar surface area (TPSA) is 47.3 Å². The number of nitrogens with two attached hydrogens (primary N) is 1. The van der Waals surface area contributed by atoms with E-state index in [4.69, 9.17) is 5.84 Å². The predicted octanol–water partition coefficient (Wildman–Crippen LogP) is 3.96. The van der Waals surface area contributed by atoms with E-state index in [9.17, 15) is 13.2 Å². The van der Waals surface area contributed by atoms with Crippen molar-refractivity contribution in [1.29, 1.82) is 0 Å². The van der Waals surface area contributed by atoms with E-state index in [-0.39, 0.29) is 5.75 Å². The molecule has 0 aliphatic heterocycles.